The van der Waals surface area contributed by atoms with Gasteiger partial charge in [-0.05, 0) is 43.2 Å². The molecule has 5 rings (SSSR count). The van der Waals surface area contributed by atoms with Crippen LogP contribution in [0, 0.1) is 0 Å². The average Bonchev–Trinajstić information content (AvgIpc) is 3.53. The van der Waals surface area contributed by atoms with Crippen LogP contribution in [0.2, 0.25) is 0 Å². The summed E-state index contributed by atoms with van der Waals surface area (Å²) in [5.41, 5.74) is 3.85. The zero-order valence-electron chi connectivity index (χ0n) is 17.4. The van der Waals surface area contributed by atoms with Crippen molar-refractivity contribution in [3.05, 3.63) is 102 Å². The van der Waals surface area contributed by atoms with Crippen LogP contribution in [-0.2, 0) is 0 Å². The molecule has 1 aromatic heterocycles. The smallest absolute Gasteiger partial charge is 0.259 e. The first-order chi connectivity index (χ1) is 15.7. The van der Waals surface area contributed by atoms with E-state index < -0.39 is 0 Å². The van der Waals surface area contributed by atoms with Crippen LogP contribution in [0.4, 0.5) is 5.69 Å². The molecule has 2 N–H and O–H groups in total. The van der Waals surface area contributed by atoms with E-state index in [4.69, 9.17) is 5.10 Å². The van der Waals surface area contributed by atoms with Crippen molar-refractivity contribution in [3.8, 4) is 16.9 Å². The summed E-state index contributed by atoms with van der Waals surface area (Å²) in [5, 5.41) is 10.6. The lowest BCUT2D eigenvalue weighted by Crippen LogP contribution is -2.25. The Kier molecular flexibility index (Phi) is 5.25. The third-order valence-corrected chi connectivity index (χ3v) is 5.32. The van der Waals surface area contributed by atoms with Crippen LogP contribution < -0.4 is 10.6 Å². The Bertz CT molecular complexity index is 1260. The Hall–Kier alpha value is -4.19. The van der Waals surface area contributed by atoms with Crippen LogP contribution in [0.25, 0.3) is 16.9 Å². The molecule has 1 fully saturated rings. The molecule has 0 saturated heterocycles. The Balaban J connectivity index is 1.45. The first-order valence-corrected chi connectivity index (χ1v) is 10.6. The Morgan fingerprint density at radius 3 is 2.28 bits per heavy atom. The number of carbonyl (C=O) groups is 2. The number of hydrogen-bond donors (Lipinski definition) is 2. The number of anilines is 1. The number of para-hydroxylation sites is 1. The molecule has 0 aliphatic heterocycles. The van der Waals surface area contributed by atoms with E-state index in [-0.39, 0.29) is 17.9 Å². The maximum Gasteiger partial charge on any atom is 0.259 e. The van der Waals surface area contributed by atoms with Gasteiger partial charge in [-0.2, -0.15) is 5.10 Å². The first kappa shape index (κ1) is 19.8. The van der Waals surface area contributed by atoms with Crippen molar-refractivity contribution in [1.29, 1.82) is 0 Å². The highest BCUT2D eigenvalue weighted by Gasteiger charge is 2.24. The van der Waals surface area contributed by atoms with Gasteiger partial charge in [0.1, 0.15) is 5.69 Å². The molecule has 32 heavy (non-hydrogen) atoms. The van der Waals surface area contributed by atoms with Gasteiger partial charge in [-0.25, -0.2) is 4.68 Å². The minimum atomic E-state index is -0.286. The zero-order valence-corrected chi connectivity index (χ0v) is 17.4. The van der Waals surface area contributed by atoms with Crippen LogP contribution >= 0.6 is 0 Å². The summed E-state index contributed by atoms with van der Waals surface area (Å²) in [5.74, 6) is -0.406. The van der Waals surface area contributed by atoms with Crippen molar-refractivity contribution < 1.29 is 9.59 Å². The lowest BCUT2D eigenvalue weighted by Gasteiger charge is -2.08. The van der Waals surface area contributed by atoms with E-state index in [1.165, 1.54) is 0 Å². The molecule has 6 heteroatoms. The topological polar surface area (TPSA) is 76.0 Å². The number of rotatable bonds is 6. The minimum Gasteiger partial charge on any atom is -0.349 e. The molecule has 1 aliphatic rings. The second-order valence-corrected chi connectivity index (χ2v) is 7.82. The van der Waals surface area contributed by atoms with E-state index in [0.29, 0.717) is 22.5 Å². The largest absolute Gasteiger partial charge is 0.349 e. The van der Waals surface area contributed by atoms with Gasteiger partial charge in [0.2, 0.25) is 0 Å². The molecule has 3 aromatic carbocycles. The van der Waals surface area contributed by atoms with E-state index in [1.807, 2.05) is 60.7 Å². The highest BCUT2D eigenvalue weighted by atomic mass is 16.2. The fraction of sp³-hybridized carbons (Fsp3) is 0.115. The van der Waals surface area contributed by atoms with Gasteiger partial charge >= 0.3 is 0 Å². The van der Waals surface area contributed by atoms with Gasteiger partial charge in [0.25, 0.3) is 11.8 Å². The molecule has 0 spiro atoms. The Labute approximate surface area is 185 Å². The highest BCUT2D eigenvalue weighted by Crippen LogP contribution is 2.25. The molecule has 0 radical (unpaired) electrons. The molecule has 2 amide bonds. The number of carbonyl (C=O) groups excluding carboxylic acids is 2. The molecule has 6 nitrogen and oxygen atoms in total. The van der Waals surface area contributed by atoms with Gasteiger partial charge in [0.15, 0.2) is 0 Å². The fourth-order valence-corrected chi connectivity index (χ4v) is 3.50. The van der Waals surface area contributed by atoms with Crippen LogP contribution in [0.5, 0.6) is 0 Å². The van der Waals surface area contributed by atoms with Crippen molar-refractivity contribution in [2.75, 3.05) is 5.32 Å². The van der Waals surface area contributed by atoms with E-state index in [1.54, 1.807) is 35.1 Å². The molecular formula is C26H22N4O2. The summed E-state index contributed by atoms with van der Waals surface area (Å²) in [7, 11) is 0. The van der Waals surface area contributed by atoms with E-state index in [0.717, 1.165) is 24.1 Å². The first-order valence-electron chi connectivity index (χ1n) is 10.6. The number of nitrogens with one attached hydrogen (secondary N) is 2. The average molecular weight is 422 g/mol. The lowest BCUT2D eigenvalue weighted by molar-refractivity contribution is 0.0949. The summed E-state index contributed by atoms with van der Waals surface area (Å²) in [6.45, 7) is 0. The van der Waals surface area contributed by atoms with Crippen LogP contribution in [0.3, 0.4) is 0 Å². The minimum absolute atomic E-state index is 0.120. The molecule has 0 atom stereocenters. The molecule has 1 saturated carbocycles. The van der Waals surface area contributed by atoms with E-state index in [9.17, 15) is 9.59 Å². The molecule has 4 aromatic rings. The fourth-order valence-electron chi connectivity index (χ4n) is 3.50. The van der Waals surface area contributed by atoms with Gasteiger partial charge in [0.05, 0.1) is 11.3 Å². The van der Waals surface area contributed by atoms with Gasteiger partial charge in [-0.15, -0.1) is 0 Å². The standard InChI is InChI=1S/C26H22N4O2/c31-25(27-20-14-15-20)19-10-7-11-21(16-19)28-26(32)23-17-30(22-12-5-2-6-13-22)29-24(23)18-8-3-1-4-9-18/h1-13,16-17,20H,14-15H2,(H,27,31)(H,28,32). The second kappa shape index (κ2) is 8.51. The number of nitrogens with zero attached hydrogens (tertiary/aromatic N) is 2. The van der Waals surface area contributed by atoms with Crippen molar-refractivity contribution in [2.24, 2.45) is 0 Å². The van der Waals surface area contributed by atoms with Crippen molar-refractivity contribution in [3.63, 3.8) is 0 Å². The SMILES string of the molecule is O=C(NC1CC1)c1cccc(NC(=O)c2cn(-c3ccccc3)nc2-c2ccccc2)c1. The summed E-state index contributed by atoms with van der Waals surface area (Å²) < 4.78 is 1.71. The number of aromatic nitrogens is 2. The molecule has 0 unspecified atom stereocenters. The Morgan fingerprint density at radius 1 is 0.844 bits per heavy atom. The summed E-state index contributed by atoms with van der Waals surface area (Å²) in [6.07, 6.45) is 3.78. The van der Waals surface area contributed by atoms with Gasteiger partial charge in [-0.1, -0.05) is 54.6 Å². The van der Waals surface area contributed by atoms with E-state index in [2.05, 4.69) is 10.6 Å². The predicted octanol–water partition coefficient (Wildman–Crippen LogP) is 4.68. The molecule has 1 aliphatic carbocycles. The van der Waals surface area contributed by atoms with Crippen molar-refractivity contribution >= 4 is 17.5 Å². The van der Waals surface area contributed by atoms with Crippen LogP contribution in [-0.4, -0.2) is 27.6 Å². The van der Waals surface area contributed by atoms with Crippen LogP contribution in [0.1, 0.15) is 33.6 Å². The summed E-state index contributed by atoms with van der Waals surface area (Å²) >= 11 is 0. The maximum absolute atomic E-state index is 13.3. The molecule has 158 valence electrons. The lowest BCUT2D eigenvalue weighted by atomic mass is 10.1. The van der Waals surface area contributed by atoms with Crippen molar-refractivity contribution in [1.82, 2.24) is 15.1 Å². The normalized spacial score (nSPS) is 12.9. The Morgan fingerprint density at radius 2 is 1.56 bits per heavy atom. The predicted molar refractivity (Wildman–Crippen MR) is 124 cm³/mol. The molecule has 0 bridgehead atoms. The third-order valence-electron chi connectivity index (χ3n) is 5.32. The monoisotopic (exact) mass is 422 g/mol. The molecule has 1 heterocycles. The maximum atomic E-state index is 13.3. The number of amides is 2. The van der Waals surface area contributed by atoms with Crippen molar-refractivity contribution in [2.45, 2.75) is 18.9 Å². The van der Waals surface area contributed by atoms with E-state index >= 15 is 0 Å². The van der Waals surface area contributed by atoms with Crippen LogP contribution in [0.15, 0.2) is 91.1 Å². The molecular weight excluding hydrogens is 400 g/mol. The number of benzene rings is 3. The van der Waals surface area contributed by atoms with Gasteiger partial charge < -0.3 is 10.6 Å². The highest BCUT2D eigenvalue weighted by molar-refractivity contribution is 6.08. The summed E-state index contributed by atoms with van der Waals surface area (Å²) in [4.78, 5) is 25.6. The zero-order chi connectivity index (χ0) is 21.9. The van der Waals surface area contributed by atoms with Gasteiger partial charge in [0, 0.05) is 29.1 Å². The summed E-state index contributed by atoms with van der Waals surface area (Å²) in [6, 6.07) is 26.5. The van der Waals surface area contributed by atoms with Gasteiger partial charge in [-0.3, -0.25) is 9.59 Å². The third kappa shape index (κ3) is 4.30. The second-order valence-electron chi connectivity index (χ2n) is 7.82. The quantitative estimate of drug-likeness (QED) is 0.474. The number of hydrogen-bond acceptors (Lipinski definition) is 3.